The Hall–Kier alpha value is -1.94. The van der Waals surface area contributed by atoms with Gasteiger partial charge in [-0.2, -0.15) is 0 Å². The molecule has 1 aromatic carbocycles. The molecule has 1 aromatic heterocycles. The van der Waals surface area contributed by atoms with Gasteiger partial charge >= 0.3 is 0 Å². The zero-order valence-electron chi connectivity index (χ0n) is 8.43. The summed E-state index contributed by atoms with van der Waals surface area (Å²) in [4.78, 5) is 11.8. The summed E-state index contributed by atoms with van der Waals surface area (Å²) in [6.07, 6.45) is 1.58. The second kappa shape index (κ2) is 4.28. The molecule has 0 bridgehead atoms. The van der Waals surface area contributed by atoms with Crippen molar-refractivity contribution in [1.29, 1.82) is 0 Å². The second-order valence-corrected chi connectivity index (χ2v) is 3.34. The van der Waals surface area contributed by atoms with Crippen molar-refractivity contribution in [2.45, 2.75) is 6.61 Å². The smallest absolute Gasteiger partial charge is 0.260 e. The number of benzene rings is 1. The van der Waals surface area contributed by atoms with Crippen LogP contribution in [0.25, 0.3) is 5.69 Å². The number of aliphatic hydroxyl groups is 1. The lowest BCUT2D eigenvalue weighted by atomic mass is 10.2. The normalized spacial score (nSPS) is 10.4. The average molecular weight is 219 g/mol. The highest BCUT2D eigenvalue weighted by atomic mass is 19.1. The van der Waals surface area contributed by atoms with Gasteiger partial charge in [-0.1, -0.05) is 0 Å². The van der Waals surface area contributed by atoms with Crippen LogP contribution < -0.4 is 5.56 Å². The SMILES string of the molecule is O=c1c(CO)cccn1-c1ccc(F)cc1. The van der Waals surface area contributed by atoms with Crippen LogP contribution in [0.3, 0.4) is 0 Å². The lowest BCUT2D eigenvalue weighted by Crippen LogP contribution is -2.21. The molecule has 1 heterocycles. The van der Waals surface area contributed by atoms with E-state index in [4.69, 9.17) is 5.11 Å². The van der Waals surface area contributed by atoms with E-state index >= 15 is 0 Å². The molecule has 1 N–H and O–H groups in total. The van der Waals surface area contributed by atoms with Gasteiger partial charge in [-0.15, -0.1) is 0 Å². The minimum absolute atomic E-state index is 0.295. The van der Waals surface area contributed by atoms with E-state index in [0.29, 0.717) is 11.3 Å². The van der Waals surface area contributed by atoms with Gasteiger partial charge in [0.2, 0.25) is 0 Å². The first-order chi connectivity index (χ1) is 7.72. The van der Waals surface area contributed by atoms with E-state index in [9.17, 15) is 9.18 Å². The molecule has 4 heteroatoms. The molecule has 0 aliphatic carbocycles. The van der Waals surface area contributed by atoms with E-state index in [0.717, 1.165) is 0 Å². The molecule has 16 heavy (non-hydrogen) atoms. The number of hydrogen-bond donors (Lipinski definition) is 1. The Kier molecular flexibility index (Phi) is 2.83. The van der Waals surface area contributed by atoms with Gasteiger partial charge in [-0.3, -0.25) is 9.36 Å². The molecule has 2 rings (SSSR count). The number of aliphatic hydroxyl groups excluding tert-OH is 1. The average Bonchev–Trinajstić information content (AvgIpc) is 2.31. The van der Waals surface area contributed by atoms with E-state index in [2.05, 4.69) is 0 Å². The van der Waals surface area contributed by atoms with Gasteiger partial charge in [0.25, 0.3) is 5.56 Å². The van der Waals surface area contributed by atoms with Gasteiger partial charge in [-0.05, 0) is 36.4 Å². The predicted molar refractivity (Wildman–Crippen MR) is 57.9 cm³/mol. The highest BCUT2D eigenvalue weighted by molar-refractivity contribution is 5.33. The molecular weight excluding hydrogens is 209 g/mol. The lowest BCUT2D eigenvalue weighted by molar-refractivity contribution is 0.279. The maximum absolute atomic E-state index is 12.7. The Morgan fingerprint density at radius 1 is 1.19 bits per heavy atom. The van der Waals surface area contributed by atoms with Crippen LogP contribution in [0.15, 0.2) is 47.4 Å². The third-order valence-corrected chi connectivity index (χ3v) is 2.30. The van der Waals surface area contributed by atoms with Crippen molar-refractivity contribution < 1.29 is 9.50 Å². The monoisotopic (exact) mass is 219 g/mol. The fraction of sp³-hybridized carbons (Fsp3) is 0.0833. The minimum Gasteiger partial charge on any atom is -0.391 e. The molecule has 0 spiro atoms. The minimum atomic E-state index is -0.352. The summed E-state index contributed by atoms with van der Waals surface area (Å²) >= 11 is 0. The first-order valence-corrected chi connectivity index (χ1v) is 4.80. The lowest BCUT2D eigenvalue weighted by Gasteiger charge is -2.06. The van der Waals surface area contributed by atoms with Crippen LogP contribution in [0.5, 0.6) is 0 Å². The van der Waals surface area contributed by atoms with Crippen LogP contribution >= 0.6 is 0 Å². The number of nitrogens with zero attached hydrogens (tertiary/aromatic N) is 1. The molecule has 2 aromatic rings. The van der Waals surface area contributed by atoms with E-state index in [1.807, 2.05) is 0 Å². The van der Waals surface area contributed by atoms with Gasteiger partial charge in [0, 0.05) is 17.4 Å². The van der Waals surface area contributed by atoms with Crippen LogP contribution in [0.1, 0.15) is 5.56 Å². The predicted octanol–water partition coefficient (Wildman–Crippen LogP) is 1.47. The van der Waals surface area contributed by atoms with Gasteiger partial charge in [0.05, 0.1) is 6.61 Å². The summed E-state index contributed by atoms with van der Waals surface area (Å²) in [5, 5.41) is 8.96. The number of halogens is 1. The van der Waals surface area contributed by atoms with Crippen LogP contribution in [0.2, 0.25) is 0 Å². The number of pyridine rings is 1. The van der Waals surface area contributed by atoms with Gasteiger partial charge in [0.15, 0.2) is 0 Å². The fourth-order valence-electron chi connectivity index (χ4n) is 1.46. The van der Waals surface area contributed by atoms with Crippen LogP contribution in [0, 0.1) is 5.82 Å². The maximum Gasteiger partial charge on any atom is 0.260 e. The number of rotatable bonds is 2. The largest absolute Gasteiger partial charge is 0.391 e. The number of aromatic nitrogens is 1. The highest BCUT2D eigenvalue weighted by Crippen LogP contribution is 2.07. The zero-order valence-corrected chi connectivity index (χ0v) is 8.43. The molecule has 0 saturated carbocycles. The summed E-state index contributed by atoms with van der Waals surface area (Å²) in [7, 11) is 0. The third kappa shape index (κ3) is 1.87. The molecular formula is C12H10FNO2. The first-order valence-electron chi connectivity index (χ1n) is 4.80. The summed E-state index contributed by atoms with van der Waals surface area (Å²) in [6, 6.07) is 8.81. The molecule has 0 aliphatic heterocycles. The van der Waals surface area contributed by atoms with Gasteiger partial charge < -0.3 is 5.11 Å². The zero-order chi connectivity index (χ0) is 11.5. The molecule has 0 aliphatic rings. The second-order valence-electron chi connectivity index (χ2n) is 3.34. The standard InChI is InChI=1S/C12H10FNO2/c13-10-3-5-11(6-4-10)14-7-1-2-9(8-15)12(14)16/h1-7,15H,8H2. The van der Waals surface area contributed by atoms with Gasteiger partial charge in [0.1, 0.15) is 5.82 Å². The van der Waals surface area contributed by atoms with Crippen molar-refractivity contribution in [2.75, 3.05) is 0 Å². The molecule has 0 unspecified atom stereocenters. The third-order valence-electron chi connectivity index (χ3n) is 2.30. The maximum atomic E-state index is 12.7. The Labute approximate surface area is 91.4 Å². The molecule has 82 valence electrons. The van der Waals surface area contributed by atoms with E-state index in [1.165, 1.54) is 28.8 Å². The van der Waals surface area contributed by atoms with Crippen LogP contribution in [-0.2, 0) is 6.61 Å². The summed E-state index contributed by atoms with van der Waals surface area (Å²) in [5.41, 5.74) is 0.588. The Morgan fingerprint density at radius 3 is 2.50 bits per heavy atom. The van der Waals surface area contributed by atoms with E-state index in [1.54, 1.807) is 18.3 Å². The van der Waals surface area contributed by atoms with Crippen molar-refractivity contribution in [1.82, 2.24) is 4.57 Å². The van der Waals surface area contributed by atoms with Crippen molar-refractivity contribution in [2.24, 2.45) is 0 Å². The first kappa shape index (κ1) is 10.6. The van der Waals surface area contributed by atoms with Crippen molar-refractivity contribution in [3.05, 3.63) is 64.3 Å². The highest BCUT2D eigenvalue weighted by Gasteiger charge is 2.03. The number of hydrogen-bond acceptors (Lipinski definition) is 2. The summed E-state index contributed by atoms with van der Waals surface area (Å²) in [5.74, 6) is -0.352. The molecule has 3 nitrogen and oxygen atoms in total. The van der Waals surface area contributed by atoms with Crippen molar-refractivity contribution in [3.8, 4) is 5.69 Å². The van der Waals surface area contributed by atoms with Crippen molar-refractivity contribution in [3.63, 3.8) is 0 Å². The van der Waals surface area contributed by atoms with Gasteiger partial charge in [-0.25, -0.2) is 4.39 Å². The summed E-state index contributed by atoms with van der Waals surface area (Å²) in [6.45, 7) is -0.305. The molecule has 0 saturated heterocycles. The van der Waals surface area contributed by atoms with E-state index < -0.39 is 0 Å². The van der Waals surface area contributed by atoms with Crippen molar-refractivity contribution >= 4 is 0 Å². The molecule has 0 radical (unpaired) electrons. The van der Waals surface area contributed by atoms with Crippen LogP contribution in [-0.4, -0.2) is 9.67 Å². The summed E-state index contributed by atoms with van der Waals surface area (Å²) < 4.78 is 14.1. The Morgan fingerprint density at radius 2 is 1.88 bits per heavy atom. The molecule has 0 fully saturated rings. The Balaban J connectivity index is 2.56. The topological polar surface area (TPSA) is 42.2 Å². The van der Waals surface area contributed by atoms with E-state index in [-0.39, 0.29) is 18.0 Å². The molecule has 0 amide bonds. The fourth-order valence-corrected chi connectivity index (χ4v) is 1.46. The van der Waals surface area contributed by atoms with Crippen LogP contribution in [0.4, 0.5) is 4.39 Å². The quantitative estimate of drug-likeness (QED) is 0.831. The Bertz CT molecular complexity index is 546. The molecule has 0 atom stereocenters.